The number of pyridine rings is 1. The van der Waals surface area contributed by atoms with Gasteiger partial charge in [0.2, 0.25) is 0 Å². The first kappa shape index (κ1) is 37.6. The lowest BCUT2D eigenvalue weighted by Gasteiger charge is -2.46. The van der Waals surface area contributed by atoms with E-state index in [4.69, 9.17) is 25.8 Å². The van der Waals surface area contributed by atoms with E-state index in [1.165, 1.54) is 31.0 Å². The quantitative estimate of drug-likeness (QED) is 0.322. The standard InChI is InChI=1S/C41H48ClN5O7S/c1-40(2)38(48)44-55(50,51)31-12-15-36-34(24-31)47(26-41(27-52-36)16-5-7-28-23-30(42)11-14-33(28)41)25-29-10-13-32(29)35(8-6-22-53-40)54-39(49)46-20-18-45(19-21-46)37-9-3-4-17-43-37/h3-4,6,8-9,11-12,14-15,17,23-24,29,32,35H,5,7,10,13,16,18-22,25-27H2,1-2H3,(H,44,48)/b8-6-/t29-,32+,35-,41-/m0/s1. The van der Waals surface area contributed by atoms with Crippen LogP contribution in [0.25, 0.3) is 0 Å². The summed E-state index contributed by atoms with van der Waals surface area (Å²) in [6.45, 7) is 7.00. The number of rotatable bonds is 2. The van der Waals surface area contributed by atoms with Crippen molar-refractivity contribution in [2.75, 3.05) is 62.3 Å². The fourth-order valence-electron chi connectivity index (χ4n) is 8.73. The van der Waals surface area contributed by atoms with E-state index in [1.54, 1.807) is 29.3 Å². The molecule has 4 heterocycles. The molecule has 1 spiro atoms. The zero-order chi connectivity index (χ0) is 38.4. The molecular formula is C41H48ClN5O7S. The van der Waals surface area contributed by atoms with Crippen molar-refractivity contribution in [2.24, 2.45) is 11.8 Å². The summed E-state index contributed by atoms with van der Waals surface area (Å²) in [4.78, 5) is 37.8. The lowest BCUT2D eigenvalue weighted by molar-refractivity contribution is -0.139. The average molecular weight is 790 g/mol. The van der Waals surface area contributed by atoms with Gasteiger partial charge < -0.3 is 28.9 Å². The number of aryl methyl sites for hydroxylation is 1. The number of carbonyl (C=O) groups excluding carboxylic acids is 2. The van der Waals surface area contributed by atoms with Gasteiger partial charge in [-0.2, -0.15) is 0 Å². The number of fused-ring (bicyclic) bond motifs is 4. The third-order valence-corrected chi connectivity index (χ3v) is 13.6. The predicted octanol–water partition coefficient (Wildman–Crippen LogP) is 5.73. The van der Waals surface area contributed by atoms with Crippen LogP contribution in [-0.4, -0.2) is 94.5 Å². The average Bonchev–Trinajstić information content (AvgIpc) is 3.31. The summed E-state index contributed by atoms with van der Waals surface area (Å²) in [5, 5.41) is 0.699. The van der Waals surface area contributed by atoms with Crippen molar-refractivity contribution in [3.8, 4) is 5.75 Å². The van der Waals surface area contributed by atoms with E-state index in [1.807, 2.05) is 30.3 Å². The number of benzene rings is 2. The smallest absolute Gasteiger partial charge is 0.410 e. The molecule has 1 saturated heterocycles. The van der Waals surface area contributed by atoms with Gasteiger partial charge in [-0.3, -0.25) is 4.79 Å². The molecule has 3 aliphatic heterocycles. The fourth-order valence-corrected chi connectivity index (χ4v) is 10.0. The van der Waals surface area contributed by atoms with Crippen molar-refractivity contribution < 1.29 is 32.2 Å². The van der Waals surface area contributed by atoms with E-state index >= 15 is 0 Å². The summed E-state index contributed by atoms with van der Waals surface area (Å²) in [7, 11) is -4.26. The molecule has 0 radical (unpaired) electrons. The predicted molar refractivity (Wildman–Crippen MR) is 209 cm³/mol. The number of ether oxygens (including phenoxy) is 3. The Kier molecular flexibility index (Phi) is 10.2. The molecule has 14 heteroatoms. The summed E-state index contributed by atoms with van der Waals surface area (Å²) in [6.07, 6.45) is 9.07. The minimum atomic E-state index is -4.26. The van der Waals surface area contributed by atoms with Crippen LogP contribution in [0.15, 0.2) is 77.8 Å². The number of anilines is 2. The van der Waals surface area contributed by atoms with Gasteiger partial charge in [0.15, 0.2) is 0 Å². The summed E-state index contributed by atoms with van der Waals surface area (Å²) < 4.78 is 48.5. The van der Waals surface area contributed by atoms with E-state index < -0.39 is 27.6 Å². The van der Waals surface area contributed by atoms with Crippen LogP contribution in [0.2, 0.25) is 5.02 Å². The molecule has 2 bridgehead atoms. The number of nitrogens with one attached hydrogen (secondary N) is 1. The van der Waals surface area contributed by atoms with Crippen molar-refractivity contribution in [1.82, 2.24) is 14.6 Å². The largest absolute Gasteiger partial charge is 0.490 e. The Morgan fingerprint density at radius 1 is 1.04 bits per heavy atom. The van der Waals surface area contributed by atoms with E-state index in [0.29, 0.717) is 62.3 Å². The summed E-state index contributed by atoms with van der Waals surface area (Å²) in [6, 6.07) is 16.7. The minimum absolute atomic E-state index is 0.00663. The number of carbonyl (C=O) groups is 2. The Balaban J connectivity index is 1.11. The maximum atomic E-state index is 13.8. The van der Waals surface area contributed by atoms with Crippen LogP contribution in [0.1, 0.15) is 50.7 Å². The summed E-state index contributed by atoms with van der Waals surface area (Å²) in [5.41, 5.74) is 1.22. The molecule has 1 N–H and O–H groups in total. The van der Waals surface area contributed by atoms with Crippen LogP contribution >= 0.6 is 11.6 Å². The number of halogens is 1. The van der Waals surface area contributed by atoms with E-state index in [2.05, 4.69) is 31.6 Å². The molecule has 292 valence electrons. The Morgan fingerprint density at radius 2 is 1.87 bits per heavy atom. The number of piperazine rings is 1. The maximum Gasteiger partial charge on any atom is 0.410 e. The van der Waals surface area contributed by atoms with Crippen molar-refractivity contribution >= 4 is 45.1 Å². The molecule has 2 aliphatic carbocycles. The Labute approximate surface area is 327 Å². The third-order valence-electron chi connectivity index (χ3n) is 12.1. The molecular weight excluding hydrogens is 742 g/mol. The van der Waals surface area contributed by atoms with Crippen molar-refractivity contribution in [2.45, 2.75) is 68.0 Å². The molecule has 3 aromatic rings. The number of hydrogen-bond donors (Lipinski definition) is 1. The van der Waals surface area contributed by atoms with Crippen molar-refractivity contribution in [3.05, 3.63) is 89.1 Å². The molecule has 1 aromatic heterocycles. The molecule has 2 aromatic carbocycles. The molecule has 8 rings (SSSR count). The molecule has 55 heavy (non-hydrogen) atoms. The van der Waals surface area contributed by atoms with Gasteiger partial charge >= 0.3 is 6.09 Å². The first-order chi connectivity index (χ1) is 26.4. The van der Waals surface area contributed by atoms with Gasteiger partial charge in [-0.1, -0.05) is 29.8 Å². The van der Waals surface area contributed by atoms with Gasteiger partial charge in [0.1, 0.15) is 23.3 Å². The molecule has 2 amide bonds. The van der Waals surface area contributed by atoms with E-state index in [0.717, 1.165) is 37.9 Å². The lowest BCUT2D eigenvalue weighted by atomic mass is 9.68. The Hall–Kier alpha value is -4.33. The molecule has 12 nitrogen and oxygen atoms in total. The number of hydrogen-bond acceptors (Lipinski definition) is 10. The molecule has 2 fully saturated rings. The first-order valence-corrected chi connectivity index (χ1v) is 21.1. The second-order valence-electron chi connectivity index (χ2n) is 15.9. The fraction of sp³-hybridized carbons (Fsp3) is 0.488. The van der Waals surface area contributed by atoms with Crippen molar-refractivity contribution in [1.29, 1.82) is 0 Å². The second kappa shape index (κ2) is 15.0. The SMILES string of the molecule is CC1(C)OC/C=C\[C@H](OC(=O)N2CCN(c3ccccn3)CC2)[C@@H]2CC[C@H]2CN2C[C@@]3(CCCc4cc(Cl)ccc43)COc3ccc(cc32)S(=O)(=O)NC1=O. The zero-order valence-corrected chi connectivity index (χ0v) is 32.9. The Morgan fingerprint density at radius 3 is 2.64 bits per heavy atom. The van der Waals surface area contributed by atoms with E-state index in [-0.39, 0.29) is 34.8 Å². The number of nitrogens with zero attached hydrogens (tertiary/aromatic N) is 4. The van der Waals surface area contributed by atoms with Gasteiger partial charge in [0.05, 0.1) is 23.8 Å². The highest BCUT2D eigenvalue weighted by Gasteiger charge is 2.45. The third kappa shape index (κ3) is 7.62. The molecule has 4 atom stereocenters. The topological polar surface area (TPSA) is 131 Å². The van der Waals surface area contributed by atoms with Crippen molar-refractivity contribution in [3.63, 3.8) is 0 Å². The Bertz CT molecular complexity index is 2070. The number of sulfonamides is 1. The lowest BCUT2D eigenvalue weighted by Crippen LogP contribution is -2.52. The van der Waals surface area contributed by atoms with Crippen LogP contribution in [0.5, 0.6) is 5.75 Å². The number of amides is 2. The maximum absolute atomic E-state index is 13.8. The monoisotopic (exact) mass is 789 g/mol. The molecule has 1 saturated carbocycles. The second-order valence-corrected chi connectivity index (χ2v) is 18.0. The first-order valence-electron chi connectivity index (χ1n) is 19.2. The van der Waals surface area contributed by atoms with Crippen LogP contribution < -0.4 is 19.3 Å². The highest BCUT2D eigenvalue weighted by Crippen LogP contribution is 2.47. The van der Waals surface area contributed by atoms with Crippen LogP contribution in [0.4, 0.5) is 16.3 Å². The highest BCUT2D eigenvalue weighted by molar-refractivity contribution is 7.90. The zero-order valence-electron chi connectivity index (χ0n) is 31.3. The van der Waals surface area contributed by atoms with Gasteiger partial charge in [0.25, 0.3) is 15.9 Å². The van der Waals surface area contributed by atoms with Crippen LogP contribution in [-0.2, 0) is 36.1 Å². The van der Waals surface area contributed by atoms with Gasteiger partial charge in [-0.25, -0.2) is 22.9 Å². The molecule has 0 unspecified atom stereocenters. The normalized spacial score (nSPS) is 28.0. The summed E-state index contributed by atoms with van der Waals surface area (Å²) >= 11 is 6.46. The minimum Gasteiger partial charge on any atom is -0.490 e. The molecule has 5 aliphatic rings. The van der Waals surface area contributed by atoms with Gasteiger partial charge in [-0.05, 0) is 112 Å². The van der Waals surface area contributed by atoms with Gasteiger partial charge in [0, 0.05) is 61.8 Å². The number of aromatic nitrogens is 1. The summed E-state index contributed by atoms with van der Waals surface area (Å²) in [5.74, 6) is 0.811. The highest BCUT2D eigenvalue weighted by atomic mass is 35.5. The van der Waals surface area contributed by atoms with Crippen LogP contribution in [0.3, 0.4) is 0 Å². The van der Waals surface area contributed by atoms with Crippen LogP contribution in [0, 0.1) is 11.8 Å². The van der Waals surface area contributed by atoms with E-state index in [9.17, 15) is 18.0 Å². The van der Waals surface area contributed by atoms with Gasteiger partial charge in [-0.15, -0.1) is 0 Å².